The summed E-state index contributed by atoms with van der Waals surface area (Å²) < 4.78 is 28.8. The molecule has 1 atom stereocenters. The first-order chi connectivity index (χ1) is 9.63. The van der Waals surface area contributed by atoms with E-state index in [4.69, 9.17) is 15.4 Å². The molecule has 1 aromatic rings. The molecule has 1 unspecified atom stereocenters. The fraction of sp³-hybridized carbons (Fsp3) is 0.462. The lowest BCUT2D eigenvalue weighted by Gasteiger charge is -2.22. The number of hydrogen-bond donors (Lipinski definition) is 1. The normalized spacial score (nSPS) is 22.3. The summed E-state index contributed by atoms with van der Waals surface area (Å²) in [7, 11) is 1.54. The van der Waals surface area contributed by atoms with E-state index in [0.29, 0.717) is 28.8 Å². The molecular formula is C13H15BrClNO4S. The summed E-state index contributed by atoms with van der Waals surface area (Å²) in [5, 5.41) is 2.76. The molecule has 1 aromatic carbocycles. The quantitative estimate of drug-likeness (QED) is 0.796. The zero-order valence-electron chi connectivity index (χ0n) is 11.6. The van der Waals surface area contributed by atoms with Crippen LogP contribution < -0.4 is 5.32 Å². The number of rotatable bonds is 3. The molecule has 0 spiro atoms. The number of ether oxygens (including phenoxy) is 1. The summed E-state index contributed by atoms with van der Waals surface area (Å²) in [6.45, 7) is 3.92. The van der Waals surface area contributed by atoms with Gasteiger partial charge in [-0.1, -0.05) is 0 Å². The minimum Gasteiger partial charge on any atom is -0.365 e. The Labute approximate surface area is 136 Å². The van der Waals surface area contributed by atoms with Crippen LogP contribution >= 0.6 is 26.6 Å². The highest BCUT2D eigenvalue weighted by atomic mass is 79.9. The molecule has 1 aliphatic rings. The number of anilines is 1. The Morgan fingerprint density at radius 1 is 1.48 bits per heavy atom. The van der Waals surface area contributed by atoms with E-state index in [-0.39, 0.29) is 10.8 Å². The third-order valence-electron chi connectivity index (χ3n) is 3.47. The van der Waals surface area contributed by atoms with Crippen molar-refractivity contribution in [3.63, 3.8) is 0 Å². The smallest absolute Gasteiger partial charge is 0.261 e. The molecule has 0 aliphatic carbocycles. The average molecular weight is 397 g/mol. The number of amides is 1. The summed E-state index contributed by atoms with van der Waals surface area (Å²) in [5.74, 6) is -0.249. The van der Waals surface area contributed by atoms with Crippen molar-refractivity contribution in [2.24, 2.45) is 0 Å². The van der Waals surface area contributed by atoms with Crippen LogP contribution in [0.3, 0.4) is 0 Å². The molecule has 1 saturated heterocycles. The van der Waals surface area contributed by atoms with Gasteiger partial charge in [0.15, 0.2) is 0 Å². The lowest BCUT2D eigenvalue weighted by atomic mass is 10.0. The number of carbonyl (C=O) groups is 1. The third-order valence-corrected chi connectivity index (χ3v) is 5.59. The Balaban J connectivity index is 2.30. The molecule has 21 heavy (non-hydrogen) atoms. The Morgan fingerprint density at radius 3 is 2.67 bits per heavy atom. The first-order valence-corrected chi connectivity index (χ1v) is 9.44. The highest BCUT2D eigenvalue weighted by Crippen LogP contribution is 2.32. The molecule has 1 N–H and O–H groups in total. The molecular weight excluding hydrogens is 382 g/mol. The molecule has 0 bridgehead atoms. The van der Waals surface area contributed by atoms with Crippen molar-refractivity contribution in [2.45, 2.75) is 37.2 Å². The lowest BCUT2D eigenvalue weighted by Crippen LogP contribution is -2.39. The van der Waals surface area contributed by atoms with E-state index >= 15 is 0 Å². The molecule has 1 aliphatic heterocycles. The van der Waals surface area contributed by atoms with Gasteiger partial charge < -0.3 is 10.1 Å². The molecule has 1 fully saturated rings. The van der Waals surface area contributed by atoms with Gasteiger partial charge in [0.05, 0.1) is 10.6 Å². The van der Waals surface area contributed by atoms with Crippen LogP contribution in [0.5, 0.6) is 0 Å². The van der Waals surface area contributed by atoms with Crippen LogP contribution in [0.2, 0.25) is 0 Å². The summed E-state index contributed by atoms with van der Waals surface area (Å²) in [6, 6.07) is 2.95. The molecule has 2 rings (SSSR count). The van der Waals surface area contributed by atoms with Crippen molar-refractivity contribution in [3.8, 4) is 0 Å². The van der Waals surface area contributed by atoms with E-state index < -0.39 is 14.7 Å². The third kappa shape index (κ3) is 3.59. The van der Waals surface area contributed by atoms with Gasteiger partial charge >= 0.3 is 0 Å². The van der Waals surface area contributed by atoms with Crippen LogP contribution in [0.15, 0.2) is 21.5 Å². The van der Waals surface area contributed by atoms with Crippen molar-refractivity contribution in [2.75, 3.05) is 11.9 Å². The molecule has 0 radical (unpaired) electrons. The van der Waals surface area contributed by atoms with Gasteiger partial charge in [0.2, 0.25) is 0 Å². The lowest BCUT2D eigenvalue weighted by molar-refractivity contribution is -0.133. The van der Waals surface area contributed by atoms with Crippen LogP contribution in [-0.4, -0.2) is 26.5 Å². The summed E-state index contributed by atoms with van der Waals surface area (Å²) in [6.07, 6.45) is 1.50. The second-order valence-corrected chi connectivity index (χ2v) is 8.56. The second-order valence-electron chi connectivity index (χ2n) is 5.17. The Morgan fingerprint density at radius 2 is 2.14 bits per heavy atom. The van der Waals surface area contributed by atoms with Crippen molar-refractivity contribution in [3.05, 3.63) is 22.2 Å². The maximum atomic E-state index is 12.3. The van der Waals surface area contributed by atoms with Gasteiger partial charge in [-0.05, 0) is 60.3 Å². The van der Waals surface area contributed by atoms with Crippen LogP contribution in [-0.2, 0) is 18.6 Å². The summed E-state index contributed by atoms with van der Waals surface area (Å²) in [4.78, 5) is 12.3. The van der Waals surface area contributed by atoms with Gasteiger partial charge in [-0.3, -0.25) is 4.79 Å². The predicted molar refractivity (Wildman–Crippen MR) is 84.1 cm³/mol. The van der Waals surface area contributed by atoms with Gasteiger partial charge in [0, 0.05) is 21.8 Å². The van der Waals surface area contributed by atoms with E-state index in [1.807, 2.05) is 0 Å². The van der Waals surface area contributed by atoms with Gasteiger partial charge in [0.25, 0.3) is 15.0 Å². The zero-order chi connectivity index (χ0) is 15.8. The van der Waals surface area contributed by atoms with Crippen LogP contribution in [0.25, 0.3) is 0 Å². The van der Waals surface area contributed by atoms with E-state index in [1.54, 1.807) is 19.9 Å². The maximum Gasteiger partial charge on any atom is 0.261 e. The minimum absolute atomic E-state index is 0.0115. The number of carbonyl (C=O) groups excluding carboxylic acids is 1. The molecule has 1 amide bonds. The highest BCUT2D eigenvalue weighted by Gasteiger charge is 2.38. The fourth-order valence-electron chi connectivity index (χ4n) is 2.23. The van der Waals surface area contributed by atoms with Crippen molar-refractivity contribution < 1.29 is 17.9 Å². The highest BCUT2D eigenvalue weighted by molar-refractivity contribution is 9.10. The van der Waals surface area contributed by atoms with E-state index in [0.717, 1.165) is 6.42 Å². The summed E-state index contributed by atoms with van der Waals surface area (Å²) >= 11 is 3.25. The largest absolute Gasteiger partial charge is 0.365 e. The van der Waals surface area contributed by atoms with Gasteiger partial charge in [-0.25, -0.2) is 8.42 Å². The summed E-state index contributed by atoms with van der Waals surface area (Å²) in [5.41, 5.74) is 0.101. The predicted octanol–water partition coefficient (Wildman–Crippen LogP) is 3.19. The maximum absolute atomic E-state index is 12.3. The number of hydrogen-bond acceptors (Lipinski definition) is 4. The average Bonchev–Trinajstić information content (AvgIpc) is 2.80. The van der Waals surface area contributed by atoms with Gasteiger partial charge in [-0.15, -0.1) is 0 Å². The standard InChI is InChI=1S/C13H15BrClNO4S/c1-8-6-10(9(14)7-11(8)21(15,18)19)16-12(17)13(2)4-3-5-20-13/h6-7H,3-5H2,1-2H3,(H,16,17). The number of nitrogens with one attached hydrogen (secondary N) is 1. The molecule has 5 nitrogen and oxygen atoms in total. The number of benzene rings is 1. The van der Waals surface area contributed by atoms with Crippen molar-refractivity contribution in [1.82, 2.24) is 0 Å². The van der Waals surface area contributed by atoms with E-state index in [9.17, 15) is 13.2 Å². The second kappa shape index (κ2) is 5.87. The minimum atomic E-state index is -3.82. The van der Waals surface area contributed by atoms with Crippen LogP contribution in [0.4, 0.5) is 5.69 Å². The zero-order valence-corrected chi connectivity index (χ0v) is 14.7. The van der Waals surface area contributed by atoms with Crippen LogP contribution in [0, 0.1) is 6.92 Å². The van der Waals surface area contributed by atoms with E-state index in [2.05, 4.69) is 21.2 Å². The van der Waals surface area contributed by atoms with Crippen molar-refractivity contribution >= 4 is 47.3 Å². The molecule has 116 valence electrons. The number of halogens is 2. The monoisotopic (exact) mass is 395 g/mol. The Kier molecular flexibility index (Phi) is 4.68. The SMILES string of the molecule is Cc1cc(NC(=O)C2(C)CCCO2)c(Br)cc1S(=O)(=O)Cl. The first kappa shape index (κ1) is 16.7. The van der Waals surface area contributed by atoms with Crippen molar-refractivity contribution in [1.29, 1.82) is 0 Å². The topological polar surface area (TPSA) is 72.5 Å². The van der Waals surface area contributed by atoms with E-state index in [1.165, 1.54) is 6.07 Å². The fourth-order valence-corrected chi connectivity index (χ4v) is 4.03. The molecule has 0 aromatic heterocycles. The molecule has 1 heterocycles. The van der Waals surface area contributed by atoms with Crippen LogP contribution in [0.1, 0.15) is 25.3 Å². The number of aryl methyl sites for hydroxylation is 1. The Bertz CT molecular complexity index is 684. The molecule has 0 saturated carbocycles. The molecule has 8 heteroatoms. The van der Waals surface area contributed by atoms with Gasteiger partial charge in [-0.2, -0.15) is 0 Å². The Hall–Kier alpha value is -0.630. The first-order valence-electron chi connectivity index (χ1n) is 6.34. The van der Waals surface area contributed by atoms with Gasteiger partial charge in [0.1, 0.15) is 5.60 Å².